The van der Waals surface area contributed by atoms with Crippen LogP contribution in [0.3, 0.4) is 0 Å². The first-order valence-electron chi connectivity index (χ1n) is 12.9. The Hall–Kier alpha value is -4.42. The van der Waals surface area contributed by atoms with Gasteiger partial charge in [0.05, 0.1) is 17.9 Å². The van der Waals surface area contributed by atoms with Crippen LogP contribution in [-0.4, -0.2) is 44.3 Å². The number of benzene rings is 2. The summed E-state index contributed by atoms with van der Waals surface area (Å²) < 4.78 is 3.40. The number of hydrogen-bond donors (Lipinski definition) is 2. The SMILES string of the molecule is CC#CCn1c(N2CCCC(N)C2)nc2c(C)nn(CC3=Nc4ccccc4-c4ccccc4N3)c(=O)c21. The number of nitrogens with two attached hydrogens (primary N) is 1. The Kier molecular flexibility index (Phi) is 6.18. The molecule has 38 heavy (non-hydrogen) atoms. The first kappa shape index (κ1) is 23.9. The summed E-state index contributed by atoms with van der Waals surface area (Å²) in [5, 5.41) is 8.10. The number of anilines is 2. The second-order valence-electron chi connectivity index (χ2n) is 9.76. The number of aryl methyl sites for hydroxylation is 1. The van der Waals surface area contributed by atoms with Gasteiger partial charge in [-0.05, 0) is 38.8 Å². The average Bonchev–Trinajstić information content (AvgIpc) is 3.23. The molecule has 4 heterocycles. The van der Waals surface area contributed by atoms with Gasteiger partial charge in [0.2, 0.25) is 5.95 Å². The predicted molar refractivity (Wildman–Crippen MR) is 152 cm³/mol. The predicted octanol–water partition coefficient (Wildman–Crippen LogP) is 3.67. The van der Waals surface area contributed by atoms with Crippen molar-refractivity contribution < 1.29 is 0 Å². The fourth-order valence-corrected chi connectivity index (χ4v) is 5.33. The number of fused-ring (bicyclic) bond motifs is 4. The molecule has 0 amide bonds. The minimum atomic E-state index is -0.223. The van der Waals surface area contributed by atoms with E-state index < -0.39 is 0 Å². The first-order valence-corrected chi connectivity index (χ1v) is 12.9. The molecule has 0 spiro atoms. The molecule has 0 radical (unpaired) electrons. The number of nitrogens with zero attached hydrogens (tertiary/aromatic N) is 6. The van der Waals surface area contributed by atoms with Gasteiger partial charge >= 0.3 is 0 Å². The molecule has 2 aliphatic rings. The fourth-order valence-electron chi connectivity index (χ4n) is 5.33. The Morgan fingerprint density at radius 3 is 2.74 bits per heavy atom. The van der Waals surface area contributed by atoms with Gasteiger partial charge in [0.15, 0.2) is 0 Å². The number of aliphatic imine (C=N–C) groups is 1. The van der Waals surface area contributed by atoms with Crippen LogP contribution >= 0.6 is 0 Å². The number of piperidine rings is 1. The van der Waals surface area contributed by atoms with E-state index in [9.17, 15) is 4.79 Å². The topological polar surface area (TPSA) is 106 Å². The minimum Gasteiger partial charge on any atom is -0.342 e. The van der Waals surface area contributed by atoms with Crippen molar-refractivity contribution in [1.82, 2.24) is 19.3 Å². The fraction of sp³-hybridized carbons (Fsp3) is 0.310. The molecule has 0 aliphatic carbocycles. The van der Waals surface area contributed by atoms with Crippen LogP contribution in [0.5, 0.6) is 0 Å². The van der Waals surface area contributed by atoms with Crippen LogP contribution in [-0.2, 0) is 13.1 Å². The molecule has 1 unspecified atom stereocenters. The molecular weight excluding hydrogens is 476 g/mol. The van der Waals surface area contributed by atoms with E-state index in [-0.39, 0.29) is 18.1 Å². The summed E-state index contributed by atoms with van der Waals surface area (Å²) in [5.74, 6) is 7.44. The first-order chi connectivity index (χ1) is 18.5. The summed E-state index contributed by atoms with van der Waals surface area (Å²) in [6.07, 6.45) is 1.97. The molecule has 1 atom stereocenters. The van der Waals surface area contributed by atoms with Crippen LogP contribution < -0.4 is 21.5 Å². The van der Waals surface area contributed by atoms with E-state index >= 15 is 0 Å². The highest BCUT2D eigenvalue weighted by Gasteiger charge is 2.26. The van der Waals surface area contributed by atoms with Crippen molar-refractivity contribution in [1.29, 1.82) is 0 Å². The zero-order valence-electron chi connectivity index (χ0n) is 21.6. The number of imidazole rings is 1. The van der Waals surface area contributed by atoms with Gasteiger partial charge in [-0.25, -0.2) is 14.7 Å². The molecule has 2 aliphatic heterocycles. The van der Waals surface area contributed by atoms with Crippen molar-refractivity contribution >= 4 is 34.2 Å². The van der Waals surface area contributed by atoms with Gasteiger partial charge in [-0.3, -0.25) is 9.36 Å². The summed E-state index contributed by atoms with van der Waals surface area (Å²) in [5.41, 5.74) is 11.7. The number of aromatic nitrogens is 4. The van der Waals surface area contributed by atoms with Crippen molar-refractivity contribution in [2.24, 2.45) is 10.7 Å². The van der Waals surface area contributed by atoms with Crippen molar-refractivity contribution in [2.75, 3.05) is 23.3 Å². The smallest absolute Gasteiger partial charge is 0.293 e. The summed E-state index contributed by atoms with van der Waals surface area (Å²) in [4.78, 5) is 25.9. The monoisotopic (exact) mass is 506 g/mol. The molecule has 192 valence electrons. The lowest BCUT2D eigenvalue weighted by Gasteiger charge is -2.31. The third-order valence-corrected chi connectivity index (χ3v) is 7.11. The van der Waals surface area contributed by atoms with Crippen LogP contribution in [0.1, 0.15) is 25.5 Å². The number of para-hydroxylation sites is 2. The third-order valence-electron chi connectivity index (χ3n) is 7.11. The summed E-state index contributed by atoms with van der Waals surface area (Å²) >= 11 is 0. The molecule has 2 aromatic carbocycles. The maximum absolute atomic E-state index is 13.9. The van der Waals surface area contributed by atoms with Crippen LogP contribution in [0.15, 0.2) is 58.3 Å². The number of rotatable bonds is 4. The second-order valence-corrected chi connectivity index (χ2v) is 9.76. The molecule has 0 bridgehead atoms. The molecular formula is C29H30N8O. The maximum Gasteiger partial charge on any atom is 0.293 e. The molecule has 1 fully saturated rings. The van der Waals surface area contributed by atoms with Crippen molar-refractivity contribution in [3.63, 3.8) is 0 Å². The van der Waals surface area contributed by atoms with Gasteiger partial charge in [-0.15, -0.1) is 5.92 Å². The number of hydrogen-bond acceptors (Lipinski definition) is 7. The Morgan fingerprint density at radius 2 is 1.92 bits per heavy atom. The number of amidine groups is 1. The van der Waals surface area contributed by atoms with E-state index in [0.717, 1.165) is 47.8 Å². The summed E-state index contributed by atoms with van der Waals surface area (Å²) in [6.45, 7) is 5.78. The standard InChI is InChI=1S/C29H30N8O/c1-3-4-16-36-27-26(33-29(36)35-15-9-10-20(30)17-35)19(2)34-37(28(27)38)18-25-31-23-13-7-5-11-21(23)22-12-6-8-14-24(22)32-25/h5-8,11-14,20H,9-10,15-18,30H2,1-2H3,(H,31,32). The Morgan fingerprint density at radius 1 is 1.13 bits per heavy atom. The lowest BCUT2D eigenvalue weighted by Crippen LogP contribution is -2.44. The zero-order chi connectivity index (χ0) is 26.2. The molecule has 4 aromatic rings. The van der Waals surface area contributed by atoms with Crippen LogP contribution in [0.4, 0.5) is 17.3 Å². The molecule has 3 N–H and O–H groups in total. The highest BCUT2D eigenvalue weighted by molar-refractivity contribution is 6.04. The average molecular weight is 507 g/mol. The van der Waals surface area contributed by atoms with Gasteiger partial charge in [0.1, 0.15) is 23.4 Å². The van der Waals surface area contributed by atoms with Crippen LogP contribution in [0.25, 0.3) is 22.2 Å². The second kappa shape index (κ2) is 9.80. The van der Waals surface area contributed by atoms with E-state index in [1.165, 1.54) is 4.68 Å². The van der Waals surface area contributed by atoms with E-state index in [0.29, 0.717) is 35.7 Å². The maximum atomic E-state index is 13.9. The highest BCUT2D eigenvalue weighted by atomic mass is 16.1. The molecule has 2 aromatic heterocycles. The van der Waals surface area contributed by atoms with Crippen molar-refractivity contribution in [3.05, 3.63) is 64.6 Å². The molecule has 1 saturated heterocycles. The van der Waals surface area contributed by atoms with Gasteiger partial charge in [-0.2, -0.15) is 5.10 Å². The van der Waals surface area contributed by atoms with Gasteiger partial charge in [0, 0.05) is 35.9 Å². The summed E-state index contributed by atoms with van der Waals surface area (Å²) in [6, 6.07) is 16.2. The minimum absolute atomic E-state index is 0.0789. The normalized spacial score (nSPS) is 16.6. The number of nitrogens with one attached hydrogen (secondary N) is 1. The van der Waals surface area contributed by atoms with E-state index in [1.54, 1.807) is 6.92 Å². The molecule has 9 heteroatoms. The van der Waals surface area contributed by atoms with E-state index in [2.05, 4.69) is 39.3 Å². The molecule has 9 nitrogen and oxygen atoms in total. The van der Waals surface area contributed by atoms with Crippen LogP contribution in [0.2, 0.25) is 0 Å². The Balaban J connectivity index is 1.46. The molecule has 6 rings (SSSR count). The van der Waals surface area contributed by atoms with Gasteiger partial charge in [0.25, 0.3) is 5.56 Å². The zero-order valence-corrected chi connectivity index (χ0v) is 21.6. The quantitative estimate of drug-likeness (QED) is 0.409. The summed E-state index contributed by atoms with van der Waals surface area (Å²) in [7, 11) is 0. The van der Waals surface area contributed by atoms with E-state index in [4.69, 9.17) is 15.7 Å². The third kappa shape index (κ3) is 4.23. The van der Waals surface area contributed by atoms with Crippen molar-refractivity contribution in [2.45, 2.75) is 45.8 Å². The Labute approximate surface area is 221 Å². The Bertz CT molecular complexity index is 1690. The van der Waals surface area contributed by atoms with Gasteiger partial charge in [-0.1, -0.05) is 42.3 Å². The lowest BCUT2D eigenvalue weighted by molar-refractivity contribution is 0.496. The molecule has 0 saturated carbocycles. The largest absolute Gasteiger partial charge is 0.342 e. The van der Waals surface area contributed by atoms with Crippen molar-refractivity contribution in [3.8, 4) is 23.0 Å². The van der Waals surface area contributed by atoms with E-state index in [1.807, 2.05) is 47.9 Å². The van der Waals surface area contributed by atoms with Crippen LogP contribution in [0, 0.1) is 18.8 Å². The lowest BCUT2D eigenvalue weighted by atomic mass is 10.0. The highest BCUT2D eigenvalue weighted by Crippen LogP contribution is 2.37. The van der Waals surface area contributed by atoms with Gasteiger partial charge < -0.3 is 16.0 Å².